The summed E-state index contributed by atoms with van der Waals surface area (Å²) in [7, 11) is 0. The van der Waals surface area contributed by atoms with Crippen molar-refractivity contribution in [1.82, 2.24) is 15.2 Å². The van der Waals surface area contributed by atoms with Gasteiger partial charge in [0.15, 0.2) is 0 Å². The van der Waals surface area contributed by atoms with E-state index in [0.29, 0.717) is 30.6 Å². The molecule has 1 aliphatic heterocycles. The maximum Gasteiger partial charge on any atom is 0.255 e. The van der Waals surface area contributed by atoms with Crippen LogP contribution in [0.5, 0.6) is 0 Å². The molecule has 4 atom stereocenters. The second-order valence-electron chi connectivity index (χ2n) is 11.5. The molecular weight excluding hydrogens is 545 g/mol. The van der Waals surface area contributed by atoms with Gasteiger partial charge in [-0.15, -0.1) is 0 Å². The third-order valence-corrected chi connectivity index (χ3v) is 8.07. The Morgan fingerprint density at radius 1 is 1.05 bits per heavy atom. The standard InChI is InChI=1S/C34H42FN5O3/c1-3-9-29-12-7-8-17-40(29)34(43)26-20-25(21-37-22-26)33(42)39-31(19-24-10-5-4-6-11-24)30(36)18-23(2)32(41)38-28-15-13-27(35)14-16-28/h4-6,10-11,13-16,20-23,29-31H,3,7-9,12,17-19,36H2,1-2H3,(H,38,41)(H,39,42)/t23-,29?,30+,31+/m1/s1. The van der Waals surface area contributed by atoms with Crippen molar-refractivity contribution < 1.29 is 18.8 Å². The van der Waals surface area contributed by atoms with Crippen molar-refractivity contribution in [2.45, 2.75) is 76.9 Å². The van der Waals surface area contributed by atoms with E-state index >= 15 is 0 Å². The maximum absolute atomic E-state index is 13.5. The minimum atomic E-state index is -0.556. The summed E-state index contributed by atoms with van der Waals surface area (Å²) in [6.07, 6.45) is 8.77. The maximum atomic E-state index is 13.5. The van der Waals surface area contributed by atoms with E-state index in [9.17, 15) is 18.8 Å². The van der Waals surface area contributed by atoms with Crippen molar-refractivity contribution in [3.8, 4) is 0 Å². The second-order valence-corrected chi connectivity index (χ2v) is 11.5. The molecule has 4 N–H and O–H groups in total. The number of anilines is 1. The van der Waals surface area contributed by atoms with Crippen LogP contribution >= 0.6 is 0 Å². The number of pyridine rings is 1. The zero-order valence-electron chi connectivity index (χ0n) is 25.0. The predicted octanol–water partition coefficient (Wildman–Crippen LogP) is 5.35. The molecule has 0 aliphatic carbocycles. The lowest BCUT2D eigenvalue weighted by Gasteiger charge is -2.35. The largest absolute Gasteiger partial charge is 0.347 e. The van der Waals surface area contributed by atoms with Gasteiger partial charge in [0.25, 0.3) is 11.8 Å². The summed E-state index contributed by atoms with van der Waals surface area (Å²) < 4.78 is 13.3. The molecule has 8 nitrogen and oxygen atoms in total. The molecular formula is C34H42FN5O3. The van der Waals surface area contributed by atoms with Gasteiger partial charge in [-0.2, -0.15) is 0 Å². The number of amides is 3. The van der Waals surface area contributed by atoms with Crippen LogP contribution in [0.15, 0.2) is 73.1 Å². The quantitative estimate of drug-likeness (QED) is 0.264. The molecule has 1 saturated heterocycles. The number of likely N-dealkylation sites (tertiary alicyclic amines) is 1. The molecule has 1 unspecified atom stereocenters. The number of rotatable bonds is 12. The third-order valence-electron chi connectivity index (χ3n) is 8.07. The van der Waals surface area contributed by atoms with Crippen LogP contribution in [0.25, 0.3) is 0 Å². The van der Waals surface area contributed by atoms with E-state index in [0.717, 1.165) is 37.7 Å². The first-order chi connectivity index (χ1) is 20.7. The van der Waals surface area contributed by atoms with Crippen molar-refractivity contribution >= 4 is 23.4 Å². The number of carbonyl (C=O) groups is 3. The zero-order chi connectivity index (χ0) is 30.8. The monoisotopic (exact) mass is 587 g/mol. The highest BCUT2D eigenvalue weighted by Crippen LogP contribution is 2.23. The van der Waals surface area contributed by atoms with Crippen LogP contribution in [0.1, 0.15) is 78.7 Å². The van der Waals surface area contributed by atoms with Crippen molar-refractivity contribution in [2.24, 2.45) is 11.7 Å². The first-order valence-corrected chi connectivity index (χ1v) is 15.2. The molecule has 0 bridgehead atoms. The zero-order valence-corrected chi connectivity index (χ0v) is 25.0. The summed E-state index contributed by atoms with van der Waals surface area (Å²) >= 11 is 0. The predicted molar refractivity (Wildman–Crippen MR) is 166 cm³/mol. The minimum Gasteiger partial charge on any atom is -0.347 e. The van der Waals surface area contributed by atoms with Crippen molar-refractivity contribution in [2.75, 3.05) is 11.9 Å². The molecule has 3 amide bonds. The van der Waals surface area contributed by atoms with E-state index in [1.54, 1.807) is 13.0 Å². The number of hydrogen-bond donors (Lipinski definition) is 3. The minimum absolute atomic E-state index is 0.0983. The van der Waals surface area contributed by atoms with E-state index in [1.807, 2.05) is 35.2 Å². The molecule has 228 valence electrons. The van der Waals surface area contributed by atoms with Gasteiger partial charge in [-0.25, -0.2) is 4.39 Å². The lowest BCUT2D eigenvalue weighted by atomic mass is 9.92. The molecule has 0 saturated carbocycles. The van der Waals surface area contributed by atoms with Gasteiger partial charge in [-0.1, -0.05) is 50.6 Å². The fourth-order valence-electron chi connectivity index (χ4n) is 5.66. The molecule has 4 rings (SSSR count). The van der Waals surface area contributed by atoms with Crippen LogP contribution in [0.2, 0.25) is 0 Å². The molecule has 43 heavy (non-hydrogen) atoms. The van der Waals surface area contributed by atoms with Gasteiger partial charge < -0.3 is 21.3 Å². The molecule has 1 aliphatic rings. The first kappa shape index (κ1) is 31.8. The van der Waals surface area contributed by atoms with Gasteiger partial charge in [-0.05, 0) is 74.4 Å². The third kappa shape index (κ3) is 8.94. The molecule has 0 spiro atoms. The summed E-state index contributed by atoms with van der Waals surface area (Å²) in [6, 6.07) is 16.0. The van der Waals surface area contributed by atoms with Crippen LogP contribution in [0.4, 0.5) is 10.1 Å². The van der Waals surface area contributed by atoms with E-state index in [4.69, 9.17) is 5.73 Å². The Hall–Kier alpha value is -4.11. The van der Waals surface area contributed by atoms with Crippen LogP contribution in [-0.2, 0) is 11.2 Å². The SMILES string of the molecule is CCCC1CCCCN1C(=O)c1cncc(C(=O)N[C@@H](Cc2ccccc2)[C@@H](N)C[C@@H](C)C(=O)Nc2ccc(F)cc2)c1. The van der Waals surface area contributed by atoms with Gasteiger partial charge in [-0.3, -0.25) is 19.4 Å². The number of nitrogens with two attached hydrogens (primary N) is 1. The van der Waals surface area contributed by atoms with E-state index in [1.165, 1.54) is 36.7 Å². The average molecular weight is 588 g/mol. The van der Waals surface area contributed by atoms with Gasteiger partial charge in [0.1, 0.15) is 5.82 Å². The number of carbonyl (C=O) groups excluding carboxylic acids is 3. The van der Waals surface area contributed by atoms with E-state index in [-0.39, 0.29) is 35.1 Å². The molecule has 2 aromatic carbocycles. The Bertz CT molecular complexity index is 1370. The molecule has 1 aromatic heterocycles. The highest BCUT2D eigenvalue weighted by atomic mass is 19.1. The average Bonchev–Trinajstić information content (AvgIpc) is 3.02. The van der Waals surface area contributed by atoms with Gasteiger partial charge in [0, 0.05) is 48.7 Å². The highest BCUT2D eigenvalue weighted by Gasteiger charge is 2.29. The first-order valence-electron chi connectivity index (χ1n) is 15.2. The summed E-state index contributed by atoms with van der Waals surface area (Å²) in [4.78, 5) is 46.0. The smallest absolute Gasteiger partial charge is 0.255 e. The van der Waals surface area contributed by atoms with Crippen molar-refractivity contribution in [1.29, 1.82) is 0 Å². The number of nitrogens with zero attached hydrogens (tertiary/aromatic N) is 2. The Morgan fingerprint density at radius 3 is 2.49 bits per heavy atom. The molecule has 1 fully saturated rings. The second kappa shape index (κ2) is 15.4. The number of nitrogens with one attached hydrogen (secondary N) is 2. The number of aromatic nitrogens is 1. The molecule has 9 heteroatoms. The van der Waals surface area contributed by atoms with Gasteiger partial charge in [0.2, 0.25) is 5.91 Å². The normalized spacial score (nSPS) is 17.0. The van der Waals surface area contributed by atoms with Crippen LogP contribution in [-0.4, -0.2) is 52.3 Å². The fourth-order valence-corrected chi connectivity index (χ4v) is 5.66. The van der Waals surface area contributed by atoms with Crippen LogP contribution in [0.3, 0.4) is 0 Å². The molecule has 3 aromatic rings. The van der Waals surface area contributed by atoms with E-state index in [2.05, 4.69) is 22.5 Å². The topological polar surface area (TPSA) is 117 Å². The Morgan fingerprint density at radius 2 is 1.77 bits per heavy atom. The lowest BCUT2D eigenvalue weighted by Crippen LogP contribution is -2.50. The van der Waals surface area contributed by atoms with Gasteiger partial charge in [0.05, 0.1) is 11.1 Å². The van der Waals surface area contributed by atoms with Crippen LogP contribution in [0, 0.1) is 11.7 Å². The number of hydrogen-bond acceptors (Lipinski definition) is 5. The Kier molecular flexibility index (Phi) is 11.4. The van der Waals surface area contributed by atoms with E-state index < -0.39 is 18.0 Å². The molecule has 0 radical (unpaired) electrons. The summed E-state index contributed by atoms with van der Waals surface area (Å²) in [6.45, 7) is 4.60. The number of halogens is 1. The number of benzene rings is 2. The molecule has 2 heterocycles. The summed E-state index contributed by atoms with van der Waals surface area (Å²) in [5, 5.41) is 5.85. The van der Waals surface area contributed by atoms with Crippen molar-refractivity contribution in [3.63, 3.8) is 0 Å². The summed E-state index contributed by atoms with van der Waals surface area (Å²) in [5.74, 6) is -1.59. The Labute approximate surface area is 253 Å². The fraction of sp³-hybridized carbons (Fsp3) is 0.412. The summed E-state index contributed by atoms with van der Waals surface area (Å²) in [5.41, 5.74) is 8.80. The Balaban J connectivity index is 1.46. The van der Waals surface area contributed by atoms with Crippen LogP contribution < -0.4 is 16.4 Å². The van der Waals surface area contributed by atoms with Gasteiger partial charge >= 0.3 is 0 Å². The highest BCUT2D eigenvalue weighted by molar-refractivity contribution is 5.99. The van der Waals surface area contributed by atoms with Crippen molar-refractivity contribution in [3.05, 3.63) is 95.6 Å². The number of piperidine rings is 1. The lowest BCUT2D eigenvalue weighted by molar-refractivity contribution is -0.119.